The highest BCUT2D eigenvalue weighted by atomic mass is 28.3. The van der Waals surface area contributed by atoms with Crippen LogP contribution < -0.4 is 15.0 Å². The van der Waals surface area contributed by atoms with E-state index in [9.17, 15) is 0 Å². The van der Waals surface area contributed by atoms with Gasteiger partial charge >= 0.3 is 0 Å². The lowest BCUT2D eigenvalue weighted by atomic mass is 9.99. The van der Waals surface area contributed by atoms with E-state index in [2.05, 4.69) is 217 Å². The molecule has 0 fully saturated rings. The summed E-state index contributed by atoms with van der Waals surface area (Å²) in [5.41, 5.74) is 13.3. The van der Waals surface area contributed by atoms with Crippen molar-refractivity contribution >= 4 is 69.3 Å². The number of para-hydroxylation sites is 3. The van der Waals surface area contributed by atoms with Gasteiger partial charge in [0.05, 0.1) is 8.07 Å². The summed E-state index contributed by atoms with van der Waals surface area (Å²) in [4.78, 5) is 4.64. The molecule has 9 aromatic rings. The van der Waals surface area contributed by atoms with Crippen molar-refractivity contribution in [1.29, 1.82) is 0 Å². The summed E-state index contributed by atoms with van der Waals surface area (Å²) in [7, 11) is -1.39. The van der Waals surface area contributed by atoms with E-state index in [1.165, 1.54) is 27.4 Å². The molecule has 1 aromatic heterocycles. The molecule has 0 saturated heterocycles. The van der Waals surface area contributed by atoms with E-state index in [1.807, 2.05) is 12.1 Å². The Bertz CT molecular complexity index is 2700. The highest BCUT2D eigenvalue weighted by Crippen LogP contribution is 2.40. The molecule has 0 amide bonds. The molecule has 0 aliphatic heterocycles. The summed E-state index contributed by atoms with van der Waals surface area (Å²) in [6.07, 6.45) is 0. The zero-order valence-corrected chi connectivity index (χ0v) is 32.4. The predicted molar refractivity (Wildman–Crippen MR) is 237 cm³/mol. The van der Waals surface area contributed by atoms with Crippen LogP contribution in [0.15, 0.2) is 205 Å². The molecule has 0 saturated carbocycles. The third-order valence-electron chi connectivity index (χ3n) is 10.4. The SMILES string of the molecule is C[Si](C)(C)c1ccc(N(c2ccccc2)c2ccc(-c3ccc(-c4ccc(N(c5ccccc5)c5ccc6oc7ccccc7c6c5)cc4)cc3)cc2)cc1. The monoisotopic (exact) mass is 726 g/mol. The first-order chi connectivity index (χ1) is 26.9. The van der Waals surface area contributed by atoms with E-state index in [4.69, 9.17) is 4.42 Å². The van der Waals surface area contributed by atoms with Crippen LogP contribution in [0.25, 0.3) is 44.2 Å². The van der Waals surface area contributed by atoms with E-state index < -0.39 is 8.07 Å². The second kappa shape index (κ2) is 14.3. The van der Waals surface area contributed by atoms with E-state index in [1.54, 1.807) is 0 Å². The number of nitrogens with zero attached hydrogens (tertiary/aromatic N) is 2. The van der Waals surface area contributed by atoms with Gasteiger partial charge in [-0.15, -0.1) is 0 Å². The van der Waals surface area contributed by atoms with Gasteiger partial charge in [0, 0.05) is 44.9 Å². The molecule has 3 nitrogen and oxygen atoms in total. The van der Waals surface area contributed by atoms with Gasteiger partial charge in [0.25, 0.3) is 0 Å². The number of anilines is 6. The van der Waals surface area contributed by atoms with Crippen LogP contribution >= 0.6 is 0 Å². The molecule has 0 spiro atoms. The number of benzene rings is 8. The summed E-state index contributed by atoms with van der Waals surface area (Å²) in [6.45, 7) is 7.18. The Hall–Kier alpha value is -6.62. The fourth-order valence-electron chi connectivity index (χ4n) is 7.47. The van der Waals surface area contributed by atoms with Crippen LogP contribution in [0.3, 0.4) is 0 Å². The molecular weight excluding hydrogens is 685 g/mol. The van der Waals surface area contributed by atoms with Crippen molar-refractivity contribution in [3.05, 3.63) is 200 Å². The van der Waals surface area contributed by atoms with Gasteiger partial charge in [0.2, 0.25) is 0 Å². The van der Waals surface area contributed by atoms with Crippen molar-refractivity contribution in [1.82, 2.24) is 0 Å². The Morgan fingerprint density at radius 2 is 0.691 bits per heavy atom. The van der Waals surface area contributed by atoms with Gasteiger partial charge in [0.1, 0.15) is 11.2 Å². The van der Waals surface area contributed by atoms with Gasteiger partial charge in [-0.2, -0.15) is 0 Å². The largest absolute Gasteiger partial charge is 0.456 e. The zero-order chi connectivity index (χ0) is 37.4. The maximum absolute atomic E-state index is 6.14. The van der Waals surface area contributed by atoms with Crippen molar-refractivity contribution in [3.8, 4) is 22.3 Å². The number of furan rings is 1. The number of rotatable bonds is 9. The topological polar surface area (TPSA) is 19.6 Å². The molecule has 0 radical (unpaired) electrons. The summed E-state index contributed by atoms with van der Waals surface area (Å²) in [6, 6.07) is 71.7. The molecule has 0 bridgehead atoms. The minimum Gasteiger partial charge on any atom is -0.456 e. The smallest absolute Gasteiger partial charge is 0.135 e. The quantitative estimate of drug-likeness (QED) is 0.138. The third-order valence-corrected chi connectivity index (χ3v) is 12.5. The van der Waals surface area contributed by atoms with E-state index >= 15 is 0 Å². The molecule has 0 aliphatic carbocycles. The minimum absolute atomic E-state index is 0.893. The lowest BCUT2D eigenvalue weighted by Gasteiger charge is -2.26. The van der Waals surface area contributed by atoms with Crippen LogP contribution in [-0.2, 0) is 0 Å². The number of fused-ring (bicyclic) bond motifs is 3. The molecule has 0 N–H and O–H groups in total. The van der Waals surface area contributed by atoms with Crippen LogP contribution in [-0.4, -0.2) is 8.07 Å². The summed E-state index contributed by atoms with van der Waals surface area (Å²) in [5.74, 6) is 0. The molecular formula is C51H42N2OSi. The molecule has 0 atom stereocenters. The van der Waals surface area contributed by atoms with Crippen LogP contribution in [0.5, 0.6) is 0 Å². The Kier molecular flexibility index (Phi) is 8.89. The fourth-order valence-corrected chi connectivity index (χ4v) is 8.64. The van der Waals surface area contributed by atoms with Gasteiger partial charge in [-0.3, -0.25) is 0 Å². The zero-order valence-electron chi connectivity index (χ0n) is 31.4. The van der Waals surface area contributed by atoms with Crippen molar-refractivity contribution in [2.45, 2.75) is 19.6 Å². The first-order valence-corrected chi connectivity index (χ1v) is 22.4. The molecule has 266 valence electrons. The molecule has 8 aromatic carbocycles. The Labute approximate surface area is 324 Å². The van der Waals surface area contributed by atoms with Gasteiger partial charge in [0.15, 0.2) is 0 Å². The second-order valence-corrected chi connectivity index (χ2v) is 20.2. The Balaban J connectivity index is 0.976. The van der Waals surface area contributed by atoms with Crippen LogP contribution in [0.1, 0.15) is 0 Å². The minimum atomic E-state index is -1.39. The lowest BCUT2D eigenvalue weighted by Crippen LogP contribution is -2.37. The number of hydrogen-bond acceptors (Lipinski definition) is 3. The fraction of sp³-hybridized carbons (Fsp3) is 0.0588. The highest BCUT2D eigenvalue weighted by molar-refractivity contribution is 6.88. The molecule has 4 heteroatoms. The summed E-state index contributed by atoms with van der Waals surface area (Å²) < 4.78 is 6.14. The van der Waals surface area contributed by atoms with Crippen LogP contribution in [0.2, 0.25) is 19.6 Å². The van der Waals surface area contributed by atoms with Gasteiger partial charge in [-0.25, -0.2) is 0 Å². The molecule has 0 aliphatic rings. The lowest BCUT2D eigenvalue weighted by molar-refractivity contribution is 0.669. The van der Waals surface area contributed by atoms with Crippen LogP contribution in [0, 0.1) is 0 Å². The average Bonchev–Trinajstić information content (AvgIpc) is 3.61. The first kappa shape index (κ1) is 34.2. The Morgan fingerprint density at radius 3 is 1.18 bits per heavy atom. The predicted octanol–water partition coefficient (Wildman–Crippen LogP) is 14.4. The maximum Gasteiger partial charge on any atom is 0.135 e. The van der Waals surface area contributed by atoms with Gasteiger partial charge in [-0.1, -0.05) is 140 Å². The normalized spacial score (nSPS) is 11.5. The Morgan fingerprint density at radius 1 is 0.327 bits per heavy atom. The summed E-state index contributed by atoms with van der Waals surface area (Å²) in [5, 5.41) is 3.70. The van der Waals surface area contributed by atoms with Crippen LogP contribution in [0.4, 0.5) is 34.1 Å². The van der Waals surface area contributed by atoms with E-state index in [0.717, 1.165) is 56.1 Å². The van der Waals surface area contributed by atoms with Gasteiger partial charge < -0.3 is 14.2 Å². The second-order valence-electron chi connectivity index (χ2n) is 15.1. The number of hydrogen-bond donors (Lipinski definition) is 0. The molecule has 1 heterocycles. The molecule has 9 rings (SSSR count). The average molecular weight is 727 g/mol. The molecule has 0 unspecified atom stereocenters. The van der Waals surface area contributed by atoms with Crippen molar-refractivity contribution < 1.29 is 4.42 Å². The van der Waals surface area contributed by atoms with E-state index in [-0.39, 0.29) is 0 Å². The summed E-state index contributed by atoms with van der Waals surface area (Å²) >= 11 is 0. The van der Waals surface area contributed by atoms with Crippen molar-refractivity contribution in [2.24, 2.45) is 0 Å². The molecule has 55 heavy (non-hydrogen) atoms. The maximum atomic E-state index is 6.14. The van der Waals surface area contributed by atoms with Crippen molar-refractivity contribution in [2.75, 3.05) is 9.80 Å². The van der Waals surface area contributed by atoms with Crippen molar-refractivity contribution in [3.63, 3.8) is 0 Å². The van der Waals surface area contributed by atoms with Gasteiger partial charge in [-0.05, 0) is 107 Å². The highest BCUT2D eigenvalue weighted by Gasteiger charge is 2.19. The standard InChI is InChI=1S/C51H42N2OSi/c1-55(2,3)47-33-30-45(31-34-47)52(41-12-6-4-7-13-41)43-26-22-39(23-27-43)37-18-20-38(21-19-37)40-24-28-44(29-25-40)53(42-14-8-5-9-15-42)46-32-35-51-49(36-46)48-16-10-11-17-50(48)54-51/h4-36H,1-3H3. The first-order valence-electron chi connectivity index (χ1n) is 18.9. The van der Waals surface area contributed by atoms with E-state index in [0.29, 0.717) is 0 Å². The third kappa shape index (κ3) is 6.85.